The molecule has 0 fully saturated rings. The number of aliphatic carboxylic acids is 1. The lowest BCUT2D eigenvalue weighted by Gasteiger charge is -2.07. The summed E-state index contributed by atoms with van der Waals surface area (Å²) in [5, 5.41) is 23.3. The SMILES string of the molecule is Cc1nn([C@H](C)C(=O)O)c(C)c1[N+](=O)[O-]. The van der Waals surface area contributed by atoms with Crippen LogP contribution in [0.4, 0.5) is 5.69 Å². The van der Waals surface area contributed by atoms with Gasteiger partial charge in [-0.2, -0.15) is 5.10 Å². The highest BCUT2D eigenvalue weighted by molar-refractivity contribution is 5.71. The number of carbonyl (C=O) groups is 1. The molecule has 1 atom stereocenters. The van der Waals surface area contributed by atoms with E-state index in [0.29, 0.717) is 0 Å². The molecule has 82 valence electrons. The van der Waals surface area contributed by atoms with Crippen molar-refractivity contribution in [3.05, 3.63) is 21.5 Å². The van der Waals surface area contributed by atoms with E-state index in [-0.39, 0.29) is 17.1 Å². The number of hydrogen-bond donors (Lipinski definition) is 1. The normalized spacial score (nSPS) is 12.5. The first-order valence-corrected chi connectivity index (χ1v) is 4.29. The average molecular weight is 213 g/mol. The molecule has 0 spiro atoms. The van der Waals surface area contributed by atoms with Crippen LogP contribution >= 0.6 is 0 Å². The first-order valence-electron chi connectivity index (χ1n) is 4.29. The molecule has 1 rings (SSSR count). The Kier molecular flexibility index (Phi) is 2.74. The van der Waals surface area contributed by atoms with E-state index >= 15 is 0 Å². The number of aromatic nitrogens is 2. The highest BCUT2D eigenvalue weighted by atomic mass is 16.6. The minimum atomic E-state index is -1.07. The standard InChI is InChI=1S/C8H11N3O4/c1-4-7(11(14)15)5(2)10(9-4)6(3)8(12)13/h6H,1-3H3,(H,12,13)/t6-/m1/s1. The Balaban J connectivity index is 3.29. The number of carboxylic acid groups (broad SMARTS) is 1. The molecular formula is C8H11N3O4. The van der Waals surface area contributed by atoms with Crippen molar-refractivity contribution in [1.29, 1.82) is 0 Å². The molecule has 0 saturated heterocycles. The number of rotatable bonds is 3. The summed E-state index contributed by atoms with van der Waals surface area (Å²) in [5.41, 5.74) is 0.362. The molecule has 0 aliphatic carbocycles. The van der Waals surface area contributed by atoms with E-state index in [1.165, 1.54) is 20.8 Å². The summed E-state index contributed by atoms with van der Waals surface area (Å²) in [4.78, 5) is 20.8. The Labute approximate surface area is 85.5 Å². The van der Waals surface area contributed by atoms with Gasteiger partial charge in [-0.3, -0.25) is 10.1 Å². The molecule has 0 saturated carbocycles. The van der Waals surface area contributed by atoms with Crippen LogP contribution in [-0.2, 0) is 4.79 Å². The van der Waals surface area contributed by atoms with Gasteiger partial charge in [0, 0.05) is 0 Å². The smallest absolute Gasteiger partial charge is 0.328 e. The molecule has 0 unspecified atom stereocenters. The van der Waals surface area contributed by atoms with Crippen molar-refractivity contribution in [2.24, 2.45) is 0 Å². The molecule has 1 aromatic rings. The van der Waals surface area contributed by atoms with Gasteiger partial charge in [-0.25, -0.2) is 9.48 Å². The van der Waals surface area contributed by atoms with E-state index in [1.807, 2.05) is 0 Å². The van der Waals surface area contributed by atoms with Gasteiger partial charge in [0.1, 0.15) is 17.4 Å². The van der Waals surface area contributed by atoms with Crippen LogP contribution in [0.3, 0.4) is 0 Å². The molecule has 7 heteroatoms. The van der Waals surface area contributed by atoms with Gasteiger partial charge in [0.05, 0.1) is 4.92 Å². The van der Waals surface area contributed by atoms with Gasteiger partial charge in [0.25, 0.3) is 0 Å². The van der Waals surface area contributed by atoms with Crippen LogP contribution in [0.1, 0.15) is 24.4 Å². The molecule has 0 bridgehead atoms. The molecule has 1 N–H and O–H groups in total. The van der Waals surface area contributed by atoms with Crippen LogP contribution < -0.4 is 0 Å². The van der Waals surface area contributed by atoms with Crippen molar-refractivity contribution in [2.45, 2.75) is 26.8 Å². The van der Waals surface area contributed by atoms with E-state index in [1.54, 1.807) is 0 Å². The van der Waals surface area contributed by atoms with Crippen LogP contribution in [0.5, 0.6) is 0 Å². The third kappa shape index (κ3) is 1.80. The molecule has 0 amide bonds. The van der Waals surface area contributed by atoms with Crippen LogP contribution in [-0.4, -0.2) is 25.8 Å². The Morgan fingerprint density at radius 3 is 2.47 bits per heavy atom. The van der Waals surface area contributed by atoms with E-state index in [2.05, 4.69) is 5.10 Å². The first-order chi connectivity index (χ1) is 6.86. The summed E-state index contributed by atoms with van der Waals surface area (Å²) in [6.07, 6.45) is 0. The van der Waals surface area contributed by atoms with Crippen LogP contribution in [0, 0.1) is 24.0 Å². The summed E-state index contributed by atoms with van der Waals surface area (Å²) < 4.78 is 1.15. The van der Waals surface area contributed by atoms with Gasteiger partial charge in [-0.15, -0.1) is 0 Å². The maximum absolute atomic E-state index is 10.7. The number of carboxylic acids is 1. The van der Waals surface area contributed by atoms with Crippen molar-refractivity contribution in [3.63, 3.8) is 0 Å². The second kappa shape index (κ2) is 3.68. The zero-order valence-electron chi connectivity index (χ0n) is 8.59. The molecule has 1 heterocycles. The van der Waals surface area contributed by atoms with Crippen molar-refractivity contribution in [2.75, 3.05) is 0 Å². The van der Waals surface area contributed by atoms with Crippen molar-refractivity contribution >= 4 is 11.7 Å². The van der Waals surface area contributed by atoms with E-state index in [9.17, 15) is 14.9 Å². The molecule has 0 aliphatic rings. The summed E-state index contributed by atoms with van der Waals surface area (Å²) in [5.74, 6) is -1.07. The lowest BCUT2D eigenvalue weighted by Crippen LogP contribution is -2.18. The first kappa shape index (κ1) is 11.2. The van der Waals surface area contributed by atoms with Gasteiger partial charge in [0.15, 0.2) is 0 Å². The van der Waals surface area contributed by atoms with Crippen LogP contribution in [0.15, 0.2) is 0 Å². The van der Waals surface area contributed by atoms with Gasteiger partial charge in [-0.05, 0) is 20.8 Å². The maximum atomic E-state index is 10.7. The molecule has 1 aromatic heterocycles. The highest BCUT2D eigenvalue weighted by Crippen LogP contribution is 2.24. The lowest BCUT2D eigenvalue weighted by atomic mass is 10.3. The number of hydrogen-bond acceptors (Lipinski definition) is 4. The van der Waals surface area contributed by atoms with Gasteiger partial charge >= 0.3 is 11.7 Å². The molecular weight excluding hydrogens is 202 g/mol. The molecule has 0 radical (unpaired) electrons. The Hall–Kier alpha value is -1.92. The largest absolute Gasteiger partial charge is 0.480 e. The number of nitrogens with zero attached hydrogens (tertiary/aromatic N) is 3. The number of aryl methyl sites for hydroxylation is 1. The Bertz CT molecular complexity index is 424. The fraction of sp³-hybridized carbons (Fsp3) is 0.500. The Morgan fingerprint density at radius 1 is 1.60 bits per heavy atom. The maximum Gasteiger partial charge on any atom is 0.328 e. The van der Waals surface area contributed by atoms with E-state index in [0.717, 1.165) is 4.68 Å². The fourth-order valence-corrected chi connectivity index (χ4v) is 1.40. The minimum Gasteiger partial charge on any atom is -0.480 e. The minimum absolute atomic E-state index is 0.122. The topological polar surface area (TPSA) is 98.3 Å². The van der Waals surface area contributed by atoms with E-state index < -0.39 is 16.9 Å². The van der Waals surface area contributed by atoms with Crippen molar-refractivity contribution in [3.8, 4) is 0 Å². The van der Waals surface area contributed by atoms with E-state index in [4.69, 9.17) is 5.11 Å². The van der Waals surface area contributed by atoms with Crippen LogP contribution in [0.2, 0.25) is 0 Å². The quantitative estimate of drug-likeness (QED) is 0.597. The third-order valence-corrected chi connectivity index (χ3v) is 2.19. The van der Waals surface area contributed by atoms with Crippen molar-refractivity contribution in [1.82, 2.24) is 9.78 Å². The lowest BCUT2D eigenvalue weighted by molar-refractivity contribution is -0.386. The zero-order valence-corrected chi connectivity index (χ0v) is 8.59. The molecule has 0 aromatic carbocycles. The molecule has 15 heavy (non-hydrogen) atoms. The highest BCUT2D eigenvalue weighted by Gasteiger charge is 2.26. The monoisotopic (exact) mass is 213 g/mol. The van der Waals surface area contributed by atoms with Gasteiger partial charge < -0.3 is 5.11 Å². The summed E-state index contributed by atoms with van der Waals surface area (Å²) >= 11 is 0. The fourth-order valence-electron chi connectivity index (χ4n) is 1.40. The summed E-state index contributed by atoms with van der Waals surface area (Å²) in [7, 11) is 0. The molecule has 7 nitrogen and oxygen atoms in total. The predicted molar refractivity (Wildman–Crippen MR) is 50.7 cm³/mol. The second-order valence-corrected chi connectivity index (χ2v) is 3.24. The third-order valence-electron chi connectivity index (χ3n) is 2.19. The Morgan fingerprint density at radius 2 is 2.13 bits per heavy atom. The summed E-state index contributed by atoms with van der Waals surface area (Å²) in [6.45, 7) is 4.39. The predicted octanol–water partition coefficient (Wildman–Crippen LogP) is 1.05. The van der Waals surface area contributed by atoms with Gasteiger partial charge in [-0.1, -0.05) is 0 Å². The average Bonchev–Trinajstić information content (AvgIpc) is 2.40. The summed E-state index contributed by atoms with van der Waals surface area (Å²) in [6, 6.07) is -0.905. The molecule has 0 aliphatic heterocycles. The zero-order chi connectivity index (χ0) is 11.7. The van der Waals surface area contributed by atoms with Crippen molar-refractivity contribution < 1.29 is 14.8 Å². The second-order valence-electron chi connectivity index (χ2n) is 3.24. The van der Waals surface area contributed by atoms with Crippen LogP contribution in [0.25, 0.3) is 0 Å². The number of nitro groups is 1. The van der Waals surface area contributed by atoms with Gasteiger partial charge in [0.2, 0.25) is 0 Å².